The van der Waals surface area contributed by atoms with Crippen molar-refractivity contribution in [2.75, 3.05) is 26.7 Å². The van der Waals surface area contributed by atoms with Crippen molar-refractivity contribution in [3.8, 4) is 0 Å². The summed E-state index contributed by atoms with van der Waals surface area (Å²) in [5, 5.41) is 0. The van der Waals surface area contributed by atoms with Crippen LogP contribution in [0.5, 0.6) is 0 Å². The lowest BCUT2D eigenvalue weighted by Crippen LogP contribution is -2.39. The highest BCUT2D eigenvalue weighted by Crippen LogP contribution is 2.14. The Balaban J connectivity index is 1.96. The number of hydrogen-bond acceptors (Lipinski definition) is 2. The monoisotopic (exact) mass is 304 g/mol. The summed E-state index contributed by atoms with van der Waals surface area (Å²) < 4.78 is 12.9. The minimum atomic E-state index is -0.309. The Morgan fingerprint density at radius 3 is 2.41 bits per heavy atom. The van der Waals surface area contributed by atoms with Crippen molar-refractivity contribution in [1.29, 1.82) is 0 Å². The Labute approximate surface area is 130 Å². The van der Waals surface area contributed by atoms with Gasteiger partial charge >= 0.3 is 0 Å². The molecule has 2 amide bonds. The van der Waals surface area contributed by atoms with Gasteiger partial charge in [-0.2, -0.15) is 0 Å². The van der Waals surface area contributed by atoms with Crippen LogP contribution < -0.4 is 0 Å². The molecule has 1 heterocycles. The van der Waals surface area contributed by atoms with Crippen molar-refractivity contribution < 1.29 is 14.0 Å². The standard InChI is InChI=1S/C17H21FN2O2/c1-13(14-5-7-15(18)8-6-14)11-16(21)19(2)12-17(22)20-9-3-4-10-20/h5-8,11H,3-4,9-10,12H2,1-2H3/b13-11+. The molecule has 0 spiro atoms. The number of allylic oxidation sites excluding steroid dienone is 1. The summed E-state index contributed by atoms with van der Waals surface area (Å²) >= 11 is 0. The van der Waals surface area contributed by atoms with Gasteiger partial charge in [-0.3, -0.25) is 9.59 Å². The number of likely N-dealkylation sites (tertiary alicyclic amines) is 1. The molecule has 0 radical (unpaired) electrons. The average Bonchev–Trinajstić information content (AvgIpc) is 3.02. The van der Waals surface area contributed by atoms with E-state index in [4.69, 9.17) is 0 Å². The lowest BCUT2D eigenvalue weighted by atomic mass is 10.1. The van der Waals surface area contributed by atoms with Crippen LogP contribution in [0.3, 0.4) is 0 Å². The number of halogens is 1. The number of nitrogens with zero attached hydrogens (tertiary/aromatic N) is 2. The molecule has 5 heteroatoms. The van der Waals surface area contributed by atoms with Crippen molar-refractivity contribution in [2.24, 2.45) is 0 Å². The second kappa shape index (κ2) is 7.20. The van der Waals surface area contributed by atoms with E-state index in [2.05, 4.69) is 0 Å². The van der Waals surface area contributed by atoms with Crippen LogP contribution in [0, 0.1) is 5.82 Å². The fraction of sp³-hybridized carbons (Fsp3) is 0.412. The van der Waals surface area contributed by atoms with Crippen LogP contribution in [0.1, 0.15) is 25.3 Å². The van der Waals surface area contributed by atoms with Crippen LogP contribution in [-0.4, -0.2) is 48.3 Å². The molecule has 22 heavy (non-hydrogen) atoms. The molecule has 0 aromatic heterocycles. The largest absolute Gasteiger partial charge is 0.341 e. The van der Waals surface area contributed by atoms with E-state index >= 15 is 0 Å². The maximum absolute atomic E-state index is 12.9. The molecule has 0 atom stereocenters. The third kappa shape index (κ3) is 4.16. The third-order valence-corrected chi connectivity index (χ3v) is 3.85. The molecule has 1 aliphatic heterocycles. The second-order valence-corrected chi connectivity index (χ2v) is 5.62. The van der Waals surface area contributed by atoms with Gasteiger partial charge in [0, 0.05) is 26.2 Å². The van der Waals surface area contributed by atoms with Crippen molar-refractivity contribution >= 4 is 17.4 Å². The number of rotatable bonds is 4. The smallest absolute Gasteiger partial charge is 0.247 e. The molecule has 118 valence electrons. The van der Waals surface area contributed by atoms with Crippen molar-refractivity contribution in [3.05, 3.63) is 41.7 Å². The molecule has 0 aliphatic carbocycles. The number of likely N-dealkylation sites (N-methyl/N-ethyl adjacent to an activating group) is 1. The van der Waals surface area contributed by atoms with Gasteiger partial charge < -0.3 is 9.80 Å². The van der Waals surface area contributed by atoms with Gasteiger partial charge in [-0.25, -0.2) is 4.39 Å². The summed E-state index contributed by atoms with van der Waals surface area (Å²) in [4.78, 5) is 27.4. The van der Waals surface area contributed by atoms with E-state index in [0.29, 0.717) is 0 Å². The lowest BCUT2D eigenvalue weighted by molar-refractivity contribution is -0.136. The molecule has 1 fully saturated rings. The molecule has 2 rings (SSSR count). The predicted molar refractivity (Wildman–Crippen MR) is 83.5 cm³/mol. The number of hydrogen-bond donors (Lipinski definition) is 0. The topological polar surface area (TPSA) is 40.6 Å². The Morgan fingerprint density at radius 1 is 1.23 bits per heavy atom. The van der Waals surface area contributed by atoms with Gasteiger partial charge in [0.15, 0.2) is 0 Å². The average molecular weight is 304 g/mol. The summed E-state index contributed by atoms with van der Waals surface area (Å²) in [5.41, 5.74) is 1.53. The van der Waals surface area contributed by atoms with E-state index in [1.54, 1.807) is 31.0 Å². The normalized spacial score (nSPS) is 15.0. The molecule has 0 N–H and O–H groups in total. The second-order valence-electron chi connectivity index (χ2n) is 5.62. The lowest BCUT2D eigenvalue weighted by Gasteiger charge is -2.20. The maximum Gasteiger partial charge on any atom is 0.247 e. The van der Waals surface area contributed by atoms with Crippen molar-refractivity contribution in [1.82, 2.24) is 9.80 Å². The summed E-state index contributed by atoms with van der Waals surface area (Å²) in [7, 11) is 1.62. The van der Waals surface area contributed by atoms with Gasteiger partial charge in [0.05, 0.1) is 6.54 Å². The number of amides is 2. The van der Waals surface area contributed by atoms with E-state index in [1.807, 2.05) is 0 Å². The number of carbonyl (C=O) groups is 2. The van der Waals surface area contributed by atoms with E-state index in [-0.39, 0.29) is 24.2 Å². The molecule has 0 unspecified atom stereocenters. The molecular formula is C17H21FN2O2. The molecule has 1 aromatic carbocycles. The minimum absolute atomic E-state index is 0.0128. The highest BCUT2D eigenvalue weighted by molar-refractivity contribution is 5.96. The van der Waals surface area contributed by atoms with Gasteiger partial charge in [-0.1, -0.05) is 12.1 Å². The van der Waals surface area contributed by atoms with Gasteiger partial charge in [-0.15, -0.1) is 0 Å². The first-order valence-electron chi connectivity index (χ1n) is 7.44. The maximum atomic E-state index is 12.9. The van der Waals surface area contributed by atoms with Crippen molar-refractivity contribution in [3.63, 3.8) is 0 Å². The molecule has 0 saturated carbocycles. The zero-order chi connectivity index (χ0) is 16.1. The summed E-state index contributed by atoms with van der Waals surface area (Å²) in [6.45, 7) is 3.45. The van der Waals surface area contributed by atoms with Gasteiger partial charge in [0.1, 0.15) is 5.82 Å². The van der Waals surface area contributed by atoms with Gasteiger partial charge in [0.2, 0.25) is 11.8 Å². The molecular weight excluding hydrogens is 283 g/mol. The minimum Gasteiger partial charge on any atom is -0.341 e. The van der Waals surface area contributed by atoms with Gasteiger partial charge in [-0.05, 0) is 43.0 Å². The zero-order valence-corrected chi connectivity index (χ0v) is 13.0. The molecule has 0 bridgehead atoms. The highest BCUT2D eigenvalue weighted by Gasteiger charge is 2.20. The fourth-order valence-corrected chi connectivity index (χ4v) is 2.44. The van der Waals surface area contributed by atoms with Crippen LogP contribution in [0.2, 0.25) is 0 Å². The summed E-state index contributed by atoms with van der Waals surface area (Å²) in [5.74, 6) is -0.549. The Hall–Kier alpha value is -2.17. The molecule has 1 aliphatic rings. The van der Waals surface area contributed by atoms with E-state index in [1.165, 1.54) is 23.1 Å². The van der Waals surface area contributed by atoms with Crippen LogP contribution in [0.15, 0.2) is 30.3 Å². The van der Waals surface area contributed by atoms with Crippen LogP contribution >= 0.6 is 0 Å². The quantitative estimate of drug-likeness (QED) is 0.801. The Morgan fingerprint density at radius 2 is 1.82 bits per heavy atom. The molecule has 4 nitrogen and oxygen atoms in total. The first-order chi connectivity index (χ1) is 10.5. The SMILES string of the molecule is C/C(=C\C(=O)N(C)CC(=O)N1CCCC1)c1ccc(F)cc1. The van der Waals surface area contributed by atoms with E-state index < -0.39 is 0 Å². The summed E-state index contributed by atoms with van der Waals surface area (Å²) in [6.07, 6.45) is 3.55. The molecule has 1 aromatic rings. The van der Waals surface area contributed by atoms with E-state index in [0.717, 1.165) is 37.1 Å². The summed E-state index contributed by atoms with van der Waals surface area (Å²) in [6, 6.07) is 5.98. The highest BCUT2D eigenvalue weighted by atomic mass is 19.1. The number of carbonyl (C=O) groups excluding carboxylic acids is 2. The van der Waals surface area contributed by atoms with Crippen molar-refractivity contribution in [2.45, 2.75) is 19.8 Å². The van der Waals surface area contributed by atoms with Crippen LogP contribution in [0.25, 0.3) is 5.57 Å². The van der Waals surface area contributed by atoms with Crippen LogP contribution in [-0.2, 0) is 9.59 Å². The van der Waals surface area contributed by atoms with Gasteiger partial charge in [0.25, 0.3) is 0 Å². The number of benzene rings is 1. The molecule has 1 saturated heterocycles. The zero-order valence-electron chi connectivity index (χ0n) is 13.0. The Bertz CT molecular complexity index is 575. The first kappa shape index (κ1) is 16.2. The van der Waals surface area contributed by atoms with E-state index in [9.17, 15) is 14.0 Å². The third-order valence-electron chi connectivity index (χ3n) is 3.85. The fourth-order valence-electron chi connectivity index (χ4n) is 2.44. The predicted octanol–water partition coefficient (Wildman–Crippen LogP) is 2.31. The first-order valence-corrected chi connectivity index (χ1v) is 7.44. The van der Waals surface area contributed by atoms with Crippen LogP contribution in [0.4, 0.5) is 4.39 Å². The Kier molecular flexibility index (Phi) is 5.31.